The molecule has 1 aliphatic heterocycles. The Morgan fingerprint density at radius 3 is 2.35 bits per heavy atom. The van der Waals surface area contributed by atoms with Crippen LogP contribution in [0, 0.1) is 0 Å². The molecule has 1 saturated heterocycles. The van der Waals surface area contributed by atoms with Crippen molar-refractivity contribution in [1.29, 1.82) is 0 Å². The van der Waals surface area contributed by atoms with Gasteiger partial charge in [0.2, 0.25) is 0 Å². The van der Waals surface area contributed by atoms with Crippen LogP contribution in [-0.2, 0) is 4.52 Å². The summed E-state index contributed by atoms with van der Waals surface area (Å²) < 4.78 is 10.7. The van der Waals surface area contributed by atoms with Gasteiger partial charge in [0.05, 0.1) is 0 Å². The number of rotatable bonds is 2. The number of hydrogen-bond donors (Lipinski definition) is 1. The molecule has 0 bridgehead atoms. The van der Waals surface area contributed by atoms with Gasteiger partial charge in [0.1, 0.15) is 0 Å². The summed E-state index contributed by atoms with van der Waals surface area (Å²) in [7, 11) is 6.18. The molecule has 1 fully saturated rings. The van der Waals surface area contributed by atoms with Gasteiger partial charge >= 0.3 is 109 Å². The summed E-state index contributed by atoms with van der Waals surface area (Å²) in [6, 6.07) is 10.7. The Hall–Kier alpha value is -0.120. The zero-order chi connectivity index (χ0) is 12.6. The first-order valence-corrected chi connectivity index (χ1v) is 8.91. The van der Waals surface area contributed by atoms with Crippen molar-refractivity contribution in [3.05, 3.63) is 35.9 Å². The fourth-order valence-corrected chi connectivity index (χ4v) is 5.47. The third kappa shape index (κ3) is 2.25. The van der Waals surface area contributed by atoms with E-state index in [2.05, 4.69) is 47.6 Å². The molecule has 96 valence electrons. The third-order valence-electron chi connectivity index (χ3n) is 3.50. The molecule has 2 atom stereocenters. The number of likely N-dealkylation sites (N-methyl/N-ethyl adjacent to an activating group) is 1. The average molecular weight is 272 g/mol. The van der Waals surface area contributed by atoms with Crippen molar-refractivity contribution in [3.63, 3.8) is 0 Å². The van der Waals surface area contributed by atoms with Crippen molar-refractivity contribution in [3.8, 4) is 0 Å². The molecule has 0 spiro atoms. The third-order valence-corrected chi connectivity index (χ3v) is 9.03. The van der Waals surface area contributed by atoms with Gasteiger partial charge in [-0.25, -0.2) is 0 Å². The molecule has 1 aromatic carbocycles. The fraction of sp³-hybridized carbons (Fsp3) is 0.500. The molecule has 0 amide bonds. The SMILES string of the molecule is C[C@H]1C(c2ccccc2)O[PH](S)(N(C)C)N1C. The first-order chi connectivity index (χ1) is 7.97. The van der Waals surface area contributed by atoms with Gasteiger partial charge in [-0.15, -0.1) is 0 Å². The maximum absolute atomic E-state index is 6.28. The molecular weight excluding hydrogens is 251 g/mol. The summed E-state index contributed by atoms with van der Waals surface area (Å²) in [5.41, 5.74) is 1.23. The summed E-state index contributed by atoms with van der Waals surface area (Å²) in [6.45, 7) is -0.0143. The van der Waals surface area contributed by atoms with Gasteiger partial charge in [-0.1, -0.05) is 0 Å². The molecule has 1 heterocycles. The van der Waals surface area contributed by atoms with E-state index < -0.39 is 6.99 Å². The van der Waals surface area contributed by atoms with Crippen LogP contribution in [0.2, 0.25) is 0 Å². The van der Waals surface area contributed by atoms with E-state index in [1.54, 1.807) is 0 Å². The summed E-state index contributed by atoms with van der Waals surface area (Å²) in [6.07, 6.45) is 0.118. The second-order valence-electron chi connectivity index (χ2n) is 4.77. The molecule has 0 aromatic heterocycles. The molecule has 1 unspecified atom stereocenters. The Kier molecular flexibility index (Phi) is 3.81. The molecule has 17 heavy (non-hydrogen) atoms. The van der Waals surface area contributed by atoms with Gasteiger partial charge < -0.3 is 0 Å². The molecule has 1 aromatic rings. The minimum atomic E-state index is -2.21. The predicted octanol–water partition coefficient (Wildman–Crippen LogP) is 2.98. The van der Waals surface area contributed by atoms with Crippen LogP contribution in [0.15, 0.2) is 30.3 Å². The Morgan fingerprint density at radius 1 is 1.29 bits per heavy atom. The van der Waals surface area contributed by atoms with E-state index in [0.717, 1.165) is 0 Å². The zero-order valence-electron chi connectivity index (χ0n) is 10.8. The van der Waals surface area contributed by atoms with Crippen LogP contribution in [0.25, 0.3) is 0 Å². The van der Waals surface area contributed by atoms with E-state index in [1.165, 1.54) is 5.56 Å². The zero-order valence-corrected chi connectivity index (χ0v) is 12.7. The Bertz CT molecular complexity index is 389. The number of hydrogen-bond acceptors (Lipinski definition) is 4. The normalized spacial score (nSPS) is 30.7. The topological polar surface area (TPSA) is 15.7 Å². The molecular formula is C12H21N2OPS. The van der Waals surface area contributed by atoms with Crippen LogP contribution in [0.3, 0.4) is 0 Å². The molecule has 0 aliphatic carbocycles. The van der Waals surface area contributed by atoms with Crippen molar-refractivity contribution in [2.45, 2.75) is 19.1 Å². The molecule has 3 nitrogen and oxygen atoms in total. The Labute approximate surface area is 109 Å². The van der Waals surface area contributed by atoms with Crippen LogP contribution < -0.4 is 0 Å². The van der Waals surface area contributed by atoms with Gasteiger partial charge in [-0.05, 0) is 0 Å². The van der Waals surface area contributed by atoms with Crippen molar-refractivity contribution in [2.24, 2.45) is 0 Å². The van der Waals surface area contributed by atoms with E-state index >= 15 is 0 Å². The van der Waals surface area contributed by atoms with Crippen LogP contribution in [0.1, 0.15) is 18.6 Å². The molecule has 1 aliphatic rings. The standard InChI is InChI=1S/C12H21N2OPS/c1-10-12(11-8-6-5-7-9-11)15-16(17,13(2)3)14(10)4/h5-10,12,16-17H,1-4H3/t10-,12?/m0/s1. The van der Waals surface area contributed by atoms with Gasteiger partial charge in [-0.3, -0.25) is 0 Å². The summed E-state index contributed by atoms with van der Waals surface area (Å²) in [5, 5.41) is 0. The number of nitrogens with zero attached hydrogens (tertiary/aromatic N) is 2. The van der Waals surface area contributed by atoms with Gasteiger partial charge in [0.15, 0.2) is 0 Å². The van der Waals surface area contributed by atoms with E-state index in [1.807, 2.05) is 20.2 Å². The molecule has 2 rings (SSSR count). The number of thiol groups is 1. The summed E-state index contributed by atoms with van der Waals surface area (Å²) >= 11 is 4.81. The fourth-order valence-electron chi connectivity index (χ4n) is 2.23. The van der Waals surface area contributed by atoms with Crippen LogP contribution in [0.5, 0.6) is 0 Å². The number of benzene rings is 1. The quantitative estimate of drug-likeness (QED) is 0.658. The minimum absolute atomic E-state index is 0.118. The second kappa shape index (κ2) is 4.87. The Balaban J connectivity index is 2.29. The van der Waals surface area contributed by atoms with Gasteiger partial charge in [0.25, 0.3) is 0 Å². The van der Waals surface area contributed by atoms with Gasteiger partial charge in [-0.2, -0.15) is 0 Å². The van der Waals surface area contributed by atoms with Crippen molar-refractivity contribution in [1.82, 2.24) is 9.34 Å². The summed E-state index contributed by atoms with van der Waals surface area (Å²) in [4.78, 5) is 0. The molecule has 0 N–H and O–H groups in total. The van der Waals surface area contributed by atoms with Crippen molar-refractivity contribution in [2.75, 3.05) is 21.1 Å². The van der Waals surface area contributed by atoms with E-state index in [4.69, 9.17) is 16.8 Å². The average Bonchev–Trinajstić information content (AvgIpc) is 2.56. The first-order valence-electron chi connectivity index (χ1n) is 5.82. The summed E-state index contributed by atoms with van der Waals surface area (Å²) in [5.74, 6) is 0. The second-order valence-corrected chi connectivity index (χ2v) is 9.50. The van der Waals surface area contributed by atoms with E-state index in [-0.39, 0.29) is 6.10 Å². The van der Waals surface area contributed by atoms with Crippen molar-refractivity contribution < 1.29 is 4.52 Å². The maximum atomic E-state index is 6.28. The molecule has 5 heteroatoms. The van der Waals surface area contributed by atoms with E-state index in [0.29, 0.717) is 6.04 Å². The predicted molar refractivity (Wildman–Crippen MR) is 78.5 cm³/mol. The van der Waals surface area contributed by atoms with Crippen LogP contribution >= 0.6 is 19.2 Å². The molecule has 0 radical (unpaired) electrons. The van der Waals surface area contributed by atoms with Gasteiger partial charge in [0, 0.05) is 0 Å². The van der Waals surface area contributed by atoms with Crippen LogP contribution in [-0.4, -0.2) is 36.5 Å². The molecule has 0 saturated carbocycles. The monoisotopic (exact) mass is 272 g/mol. The van der Waals surface area contributed by atoms with Crippen molar-refractivity contribution >= 4 is 19.2 Å². The van der Waals surface area contributed by atoms with E-state index in [9.17, 15) is 0 Å². The van der Waals surface area contributed by atoms with Crippen LogP contribution in [0.4, 0.5) is 0 Å². The Morgan fingerprint density at radius 2 is 1.88 bits per heavy atom. The first kappa shape index (κ1) is 13.3.